The summed E-state index contributed by atoms with van der Waals surface area (Å²) in [6.07, 6.45) is 2.06. The van der Waals surface area contributed by atoms with Crippen LogP contribution in [0.2, 0.25) is 5.02 Å². The van der Waals surface area contributed by atoms with Crippen molar-refractivity contribution in [2.24, 2.45) is 0 Å². The third-order valence-electron chi connectivity index (χ3n) is 1.69. The number of sulfone groups is 1. The third-order valence-corrected chi connectivity index (χ3v) is 2.83. The van der Waals surface area contributed by atoms with E-state index in [4.69, 9.17) is 11.6 Å². The SMILES string of the molecule is CC(C)NC(=O)c1nc(S(C)(=O)=O)ncc1Cl. The van der Waals surface area contributed by atoms with Gasteiger partial charge < -0.3 is 5.32 Å². The molecule has 0 saturated heterocycles. The van der Waals surface area contributed by atoms with Crippen molar-refractivity contribution in [2.45, 2.75) is 25.0 Å². The maximum atomic E-state index is 11.7. The molecule has 0 atom stereocenters. The summed E-state index contributed by atoms with van der Waals surface area (Å²) in [5.74, 6) is -0.530. The van der Waals surface area contributed by atoms with Crippen LogP contribution in [0, 0.1) is 0 Å². The standard InChI is InChI=1S/C9H12ClN3O3S/c1-5(2)12-8(14)7-6(10)4-11-9(13-7)17(3,15)16/h4-5H,1-3H3,(H,12,14). The molecule has 1 aromatic heterocycles. The first-order chi connectivity index (χ1) is 7.71. The van der Waals surface area contributed by atoms with Gasteiger partial charge in [-0.3, -0.25) is 4.79 Å². The van der Waals surface area contributed by atoms with Crippen LogP contribution in [-0.4, -0.2) is 36.6 Å². The molecule has 1 heterocycles. The first kappa shape index (κ1) is 13.9. The highest BCUT2D eigenvalue weighted by molar-refractivity contribution is 7.90. The molecule has 1 amide bonds. The highest BCUT2D eigenvalue weighted by atomic mass is 35.5. The largest absolute Gasteiger partial charge is 0.348 e. The summed E-state index contributed by atoms with van der Waals surface area (Å²) < 4.78 is 22.5. The molecule has 0 aliphatic heterocycles. The molecule has 1 aromatic rings. The van der Waals surface area contributed by atoms with Crippen LogP contribution in [0.3, 0.4) is 0 Å². The molecular formula is C9H12ClN3O3S. The monoisotopic (exact) mass is 277 g/mol. The second-order valence-corrected chi connectivity index (χ2v) is 6.07. The van der Waals surface area contributed by atoms with Crippen LogP contribution >= 0.6 is 11.6 Å². The summed E-state index contributed by atoms with van der Waals surface area (Å²) in [4.78, 5) is 18.9. The van der Waals surface area contributed by atoms with Gasteiger partial charge in [0.05, 0.1) is 11.2 Å². The maximum absolute atomic E-state index is 11.7. The lowest BCUT2D eigenvalue weighted by Crippen LogP contribution is -2.31. The number of hydrogen-bond acceptors (Lipinski definition) is 5. The van der Waals surface area contributed by atoms with E-state index < -0.39 is 20.9 Å². The number of nitrogens with one attached hydrogen (secondary N) is 1. The van der Waals surface area contributed by atoms with Crippen LogP contribution < -0.4 is 5.32 Å². The molecule has 0 fully saturated rings. The van der Waals surface area contributed by atoms with E-state index in [0.29, 0.717) is 0 Å². The summed E-state index contributed by atoms with van der Waals surface area (Å²) in [7, 11) is -3.56. The number of nitrogens with zero attached hydrogens (tertiary/aromatic N) is 2. The number of rotatable bonds is 3. The lowest BCUT2D eigenvalue weighted by atomic mass is 10.3. The minimum atomic E-state index is -3.56. The van der Waals surface area contributed by atoms with E-state index in [2.05, 4.69) is 15.3 Å². The average Bonchev–Trinajstić information content (AvgIpc) is 2.15. The van der Waals surface area contributed by atoms with Gasteiger partial charge in [-0.2, -0.15) is 0 Å². The minimum absolute atomic E-state index is 0.00977. The Morgan fingerprint density at radius 3 is 2.53 bits per heavy atom. The van der Waals surface area contributed by atoms with Crippen LogP contribution in [0.5, 0.6) is 0 Å². The number of hydrogen-bond donors (Lipinski definition) is 1. The predicted molar refractivity (Wildman–Crippen MR) is 62.8 cm³/mol. The fourth-order valence-electron chi connectivity index (χ4n) is 1.02. The number of carbonyl (C=O) groups is 1. The average molecular weight is 278 g/mol. The number of carbonyl (C=O) groups excluding carboxylic acids is 1. The van der Waals surface area contributed by atoms with Crippen molar-refractivity contribution in [1.29, 1.82) is 0 Å². The van der Waals surface area contributed by atoms with Crippen LogP contribution in [-0.2, 0) is 9.84 Å². The molecule has 0 aliphatic carbocycles. The van der Waals surface area contributed by atoms with Gasteiger partial charge in [0.15, 0.2) is 5.69 Å². The van der Waals surface area contributed by atoms with E-state index in [9.17, 15) is 13.2 Å². The fourth-order valence-corrected chi connectivity index (χ4v) is 1.70. The van der Waals surface area contributed by atoms with Crippen LogP contribution in [0.1, 0.15) is 24.3 Å². The summed E-state index contributed by atoms with van der Waals surface area (Å²) in [5.41, 5.74) is -0.143. The predicted octanol–water partition coefficient (Wildman–Crippen LogP) is 0.672. The molecule has 8 heteroatoms. The molecule has 0 spiro atoms. The van der Waals surface area contributed by atoms with Crippen molar-refractivity contribution < 1.29 is 13.2 Å². The molecule has 1 rings (SSSR count). The zero-order valence-corrected chi connectivity index (χ0v) is 11.1. The van der Waals surface area contributed by atoms with Gasteiger partial charge in [-0.05, 0) is 13.8 Å². The molecular weight excluding hydrogens is 266 g/mol. The van der Waals surface area contributed by atoms with E-state index >= 15 is 0 Å². The van der Waals surface area contributed by atoms with Gasteiger partial charge in [0, 0.05) is 12.3 Å². The van der Waals surface area contributed by atoms with Gasteiger partial charge in [-0.25, -0.2) is 18.4 Å². The van der Waals surface area contributed by atoms with E-state index in [0.717, 1.165) is 12.5 Å². The number of aromatic nitrogens is 2. The molecule has 0 aromatic carbocycles. The second-order valence-electron chi connectivity index (χ2n) is 3.75. The highest BCUT2D eigenvalue weighted by Crippen LogP contribution is 2.14. The molecule has 6 nitrogen and oxygen atoms in total. The second kappa shape index (κ2) is 4.97. The lowest BCUT2D eigenvalue weighted by molar-refractivity contribution is 0.0937. The summed E-state index contributed by atoms with van der Waals surface area (Å²) in [5, 5.41) is 2.16. The first-order valence-electron chi connectivity index (χ1n) is 4.75. The third kappa shape index (κ3) is 3.64. The molecule has 0 radical (unpaired) electrons. The first-order valence-corrected chi connectivity index (χ1v) is 7.02. The van der Waals surface area contributed by atoms with Crippen molar-refractivity contribution in [3.8, 4) is 0 Å². The zero-order chi connectivity index (χ0) is 13.2. The Labute approximate surface area is 104 Å². The van der Waals surface area contributed by atoms with Gasteiger partial charge in [0.2, 0.25) is 15.0 Å². The van der Waals surface area contributed by atoms with Crippen molar-refractivity contribution in [2.75, 3.05) is 6.26 Å². The Morgan fingerprint density at radius 1 is 1.47 bits per heavy atom. The smallest absolute Gasteiger partial charge is 0.271 e. The number of halogens is 1. The molecule has 94 valence electrons. The number of amides is 1. The van der Waals surface area contributed by atoms with Crippen LogP contribution in [0.25, 0.3) is 0 Å². The molecule has 0 bridgehead atoms. The molecule has 1 N–H and O–H groups in total. The van der Waals surface area contributed by atoms with Gasteiger partial charge >= 0.3 is 0 Å². The van der Waals surface area contributed by atoms with E-state index in [-0.39, 0.29) is 16.8 Å². The molecule has 0 unspecified atom stereocenters. The Balaban J connectivity index is 3.20. The van der Waals surface area contributed by atoms with E-state index in [1.54, 1.807) is 13.8 Å². The van der Waals surface area contributed by atoms with Crippen molar-refractivity contribution >= 4 is 27.3 Å². The topological polar surface area (TPSA) is 89.0 Å². The highest BCUT2D eigenvalue weighted by Gasteiger charge is 2.18. The van der Waals surface area contributed by atoms with Crippen LogP contribution in [0.15, 0.2) is 11.4 Å². The van der Waals surface area contributed by atoms with E-state index in [1.807, 2.05) is 0 Å². The van der Waals surface area contributed by atoms with Crippen molar-refractivity contribution in [3.05, 3.63) is 16.9 Å². The fraction of sp³-hybridized carbons (Fsp3) is 0.444. The van der Waals surface area contributed by atoms with Crippen molar-refractivity contribution in [1.82, 2.24) is 15.3 Å². The Morgan fingerprint density at radius 2 is 2.06 bits per heavy atom. The van der Waals surface area contributed by atoms with Crippen LogP contribution in [0.4, 0.5) is 0 Å². The minimum Gasteiger partial charge on any atom is -0.348 e. The summed E-state index contributed by atoms with van der Waals surface area (Å²) in [6.45, 7) is 3.54. The lowest BCUT2D eigenvalue weighted by Gasteiger charge is -2.09. The van der Waals surface area contributed by atoms with Gasteiger partial charge in [-0.15, -0.1) is 0 Å². The van der Waals surface area contributed by atoms with E-state index in [1.165, 1.54) is 0 Å². The zero-order valence-electron chi connectivity index (χ0n) is 9.56. The van der Waals surface area contributed by atoms with Gasteiger partial charge in [-0.1, -0.05) is 11.6 Å². The summed E-state index contributed by atoms with van der Waals surface area (Å²) >= 11 is 5.74. The van der Waals surface area contributed by atoms with Gasteiger partial charge in [0.1, 0.15) is 0 Å². The molecule has 17 heavy (non-hydrogen) atoms. The van der Waals surface area contributed by atoms with Crippen molar-refractivity contribution in [3.63, 3.8) is 0 Å². The normalized spacial score (nSPS) is 11.6. The quantitative estimate of drug-likeness (QED) is 0.821. The Kier molecular flexibility index (Phi) is 4.05. The molecule has 0 saturated carbocycles. The Bertz CT molecular complexity index is 542. The van der Waals surface area contributed by atoms with Gasteiger partial charge in [0.25, 0.3) is 5.91 Å². The maximum Gasteiger partial charge on any atom is 0.271 e. The summed E-state index contributed by atoms with van der Waals surface area (Å²) in [6, 6.07) is -0.102. The molecule has 0 aliphatic rings. The Hall–Kier alpha value is -1.21.